The van der Waals surface area contributed by atoms with Crippen LogP contribution in [0.4, 0.5) is 34.9 Å². The minimum Gasteiger partial charge on any atom is -0.475 e. The first-order chi connectivity index (χ1) is 33.9. The molecule has 0 aliphatic carbocycles. The zero-order chi connectivity index (χ0) is 48.2. The quantitative estimate of drug-likeness (QED) is 0.119. The Kier molecular flexibility index (Phi) is 11.2. The van der Waals surface area contributed by atoms with Crippen molar-refractivity contribution in [2.45, 2.75) is 64.8 Å². The number of amides is 2. The number of carbonyl (C=O) groups excluding carboxylic acids is 2. The van der Waals surface area contributed by atoms with Gasteiger partial charge in [0.05, 0.1) is 23.6 Å². The van der Waals surface area contributed by atoms with Crippen LogP contribution in [0.2, 0.25) is 0 Å². The molecule has 2 amide bonds. The third-order valence-electron chi connectivity index (χ3n) is 12.8. The Morgan fingerprint density at radius 3 is 1.50 bits per heavy atom. The van der Waals surface area contributed by atoms with Crippen molar-refractivity contribution in [2.75, 3.05) is 48.4 Å². The molecule has 12 heterocycles. The molecule has 2 atom stereocenters. The third-order valence-corrected chi connectivity index (χ3v) is 12.8. The Morgan fingerprint density at radius 1 is 0.614 bits per heavy atom. The minimum absolute atomic E-state index is 0.0502. The molecule has 22 heteroatoms. The molecule has 4 aliphatic heterocycles. The van der Waals surface area contributed by atoms with Gasteiger partial charge in [-0.05, 0) is 60.0 Å². The second-order valence-electron chi connectivity index (χ2n) is 17.7. The van der Waals surface area contributed by atoms with E-state index in [2.05, 4.69) is 61.4 Å². The molecule has 0 radical (unpaired) electrons. The van der Waals surface area contributed by atoms with E-state index < -0.39 is 12.2 Å². The maximum absolute atomic E-state index is 11.8. The van der Waals surface area contributed by atoms with Gasteiger partial charge in [0.15, 0.2) is 11.6 Å². The number of pyridine rings is 6. The van der Waals surface area contributed by atoms with E-state index in [4.69, 9.17) is 20.9 Å². The van der Waals surface area contributed by atoms with E-state index in [1.807, 2.05) is 50.2 Å². The van der Waals surface area contributed by atoms with Crippen LogP contribution in [0.1, 0.15) is 33.6 Å². The summed E-state index contributed by atoms with van der Waals surface area (Å²) in [5, 5.41) is 44.4. The molecule has 10 N–H and O–H groups in total. The van der Waals surface area contributed by atoms with Gasteiger partial charge in [-0.3, -0.25) is 19.0 Å². The molecule has 70 heavy (non-hydrogen) atoms. The number of ether oxygens (including phenoxy) is 2. The highest BCUT2D eigenvalue weighted by Crippen LogP contribution is 2.37. The van der Waals surface area contributed by atoms with E-state index in [-0.39, 0.29) is 38.1 Å². The predicted octanol–water partition coefficient (Wildman–Crippen LogP) is 2.98. The first kappa shape index (κ1) is 44.0. The number of anilines is 6. The van der Waals surface area contributed by atoms with Crippen molar-refractivity contribution in [1.82, 2.24) is 60.1 Å². The number of nitrogens with two attached hydrogens (primary N) is 2. The van der Waals surface area contributed by atoms with Crippen LogP contribution in [-0.2, 0) is 48.4 Å². The van der Waals surface area contributed by atoms with Crippen LogP contribution < -0.4 is 42.2 Å². The number of rotatable bonds is 6. The van der Waals surface area contributed by atoms with Crippen molar-refractivity contribution in [2.24, 2.45) is 0 Å². The highest BCUT2D eigenvalue weighted by Gasteiger charge is 2.26. The lowest BCUT2D eigenvalue weighted by atomic mass is 9.96. The van der Waals surface area contributed by atoms with Crippen molar-refractivity contribution in [3.63, 3.8) is 0 Å². The Labute approximate surface area is 398 Å². The fraction of sp³-hybridized carbons (Fsp3) is 0.292. The van der Waals surface area contributed by atoms with Gasteiger partial charge in [0, 0.05) is 120 Å². The molecule has 4 aliphatic rings. The number of carbonyl (C=O) groups is 2. The van der Waals surface area contributed by atoms with Gasteiger partial charge in [-0.1, -0.05) is 0 Å². The Bertz CT molecular complexity index is 3190. The molecule has 12 rings (SSSR count). The zero-order valence-electron chi connectivity index (χ0n) is 38.2. The second-order valence-corrected chi connectivity index (χ2v) is 17.7. The number of nitrogens with one attached hydrogen (secondary N) is 4. The van der Waals surface area contributed by atoms with Crippen molar-refractivity contribution in [1.29, 1.82) is 0 Å². The summed E-state index contributed by atoms with van der Waals surface area (Å²) in [5.74, 6) is 4.18. The van der Waals surface area contributed by atoms with Crippen LogP contribution in [0.25, 0.3) is 44.1 Å². The van der Waals surface area contributed by atoms with Crippen LogP contribution in [-0.4, -0.2) is 110 Å². The topological polar surface area (TPSA) is 306 Å². The third kappa shape index (κ3) is 8.64. The molecule has 0 saturated heterocycles. The summed E-state index contributed by atoms with van der Waals surface area (Å²) in [6.07, 6.45) is 8.11. The molecular weight excluding hydrogens is 897 g/mol. The summed E-state index contributed by atoms with van der Waals surface area (Å²) < 4.78 is 14.5. The molecule has 0 unspecified atom stereocenters. The van der Waals surface area contributed by atoms with Crippen molar-refractivity contribution in [3.05, 3.63) is 94.8 Å². The van der Waals surface area contributed by atoms with Crippen LogP contribution in [0, 0.1) is 13.8 Å². The number of aliphatic hydroxyl groups excluding tert-OH is 2. The molecule has 8 aromatic heterocycles. The first-order valence-electron chi connectivity index (χ1n) is 22.8. The van der Waals surface area contributed by atoms with Gasteiger partial charge >= 0.3 is 0 Å². The molecular formula is C48H48N16O6. The summed E-state index contributed by atoms with van der Waals surface area (Å²) in [4.78, 5) is 50.6. The van der Waals surface area contributed by atoms with E-state index in [0.717, 1.165) is 66.3 Å². The van der Waals surface area contributed by atoms with Gasteiger partial charge in [-0.25, -0.2) is 29.9 Å². The van der Waals surface area contributed by atoms with E-state index in [1.165, 1.54) is 0 Å². The van der Waals surface area contributed by atoms with E-state index in [1.54, 1.807) is 34.2 Å². The molecule has 8 aromatic rings. The van der Waals surface area contributed by atoms with Gasteiger partial charge in [0.2, 0.25) is 23.6 Å². The molecule has 0 saturated carbocycles. The smallest absolute Gasteiger partial charge is 0.241 e. The summed E-state index contributed by atoms with van der Waals surface area (Å²) in [6, 6.07) is 11.5. The van der Waals surface area contributed by atoms with Gasteiger partial charge in [-0.2, -0.15) is 10.2 Å². The molecule has 356 valence electrons. The minimum atomic E-state index is -0.556. The lowest BCUT2D eigenvalue weighted by Crippen LogP contribution is -2.26. The summed E-state index contributed by atoms with van der Waals surface area (Å²) in [6.45, 7) is 6.02. The number of hydrogen-bond acceptors (Lipinski definition) is 18. The van der Waals surface area contributed by atoms with Gasteiger partial charge < -0.3 is 52.4 Å². The largest absolute Gasteiger partial charge is 0.475 e. The molecule has 0 bridgehead atoms. The molecule has 0 fully saturated rings. The zero-order valence-corrected chi connectivity index (χ0v) is 38.2. The van der Waals surface area contributed by atoms with Crippen LogP contribution in [0.15, 0.2) is 61.2 Å². The fourth-order valence-corrected chi connectivity index (χ4v) is 9.20. The van der Waals surface area contributed by atoms with E-state index in [0.29, 0.717) is 96.8 Å². The van der Waals surface area contributed by atoms with Gasteiger partial charge in [0.25, 0.3) is 0 Å². The maximum Gasteiger partial charge on any atom is 0.241 e. The monoisotopic (exact) mass is 944 g/mol. The van der Waals surface area contributed by atoms with Crippen LogP contribution >= 0.6 is 0 Å². The number of aromatic nitrogens is 10. The van der Waals surface area contributed by atoms with Crippen molar-refractivity contribution < 1.29 is 29.3 Å². The van der Waals surface area contributed by atoms with E-state index in [9.17, 15) is 19.8 Å². The van der Waals surface area contributed by atoms with Gasteiger partial charge in [-0.15, -0.1) is 0 Å². The Balaban J connectivity index is 0.000000152. The van der Waals surface area contributed by atoms with Gasteiger partial charge in [0.1, 0.15) is 49.6 Å². The standard InChI is InChI=1S/2C24H24N8O3/c2*1-12-16-7-15(33)11-35-24(16)28-8-17(12)19-4-13-5-20(27-9-18(13)23(25)29-19)30-21-6-14-2-3-26-22(34)10-32(14)31-21/h2*4-6,8-9,15,33H,2-3,7,10-11H2,1H3,(H2,25,29)(H,26,34)(H,27,30,31)/t2*15-/m10/s1. The van der Waals surface area contributed by atoms with Crippen LogP contribution in [0.5, 0.6) is 11.8 Å². The molecule has 0 aromatic carbocycles. The first-order valence-corrected chi connectivity index (χ1v) is 22.8. The Hall–Kier alpha value is -8.50. The highest BCUT2D eigenvalue weighted by molar-refractivity contribution is 5.96. The maximum atomic E-state index is 11.8. The number of nitrogens with zero attached hydrogens (tertiary/aromatic N) is 10. The second kappa shape index (κ2) is 17.9. The normalized spacial score (nSPS) is 17.2. The number of fused-ring (bicyclic) bond motifs is 6. The lowest BCUT2D eigenvalue weighted by Gasteiger charge is -2.23. The van der Waals surface area contributed by atoms with Crippen LogP contribution in [0.3, 0.4) is 0 Å². The van der Waals surface area contributed by atoms with Crippen molar-refractivity contribution >= 4 is 68.3 Å². The summed E-state index contributed by atoms with van der Waals surface area (Å²) >= 11 is 0. The predicted molar refractivity (Wildman–Crippen MR) is 259 cm³/mol. The summed E-state index contributed by atoms with van der Waals surface area (Å²) in [5.41, 5.74) is 21.2. The fourth-order valence-electron chi connectivity index (χ4n) is 9.20. The molecule has 0 spiro atoms. The lowest BCUT2D eigenvalue weighted by molar-refractivity contribution is -0.122. The number of aliphatic hydroxyl groups is 2. The SMILES string of the molecule is Cc1c(-c2cc3cc(Nc4cc5n(n4)CC(=O)NCC5)ncc3c(N)n2)cnc2c1C[C@@H](O)CO2.Cc1c(-c2cc3cc(Nc4cc5n(n4)CC(=O)NCC5)ncc3c(N)n2)cnc2c1C[C@H](O)CO2. The average Bonchev–Trinajstić information content (AvgIpc) is 3.77. The number of hydrogen-bond donors (Lipinski definition) is 8. The molecule has 22 nitrogen and oxygen atoms in total. The van der Waals surface area contributed by atoms with E-state index >= 15 is 0 Å². The highest BCUT2D eigenvalue weighted by atomic mass is 16.5. The Morgan fingerprint density at radius 2 is 1.06 bits per heavy atom. The summed E-state index contributed by atoms with van der Waals surface area (Å²) in [7, 11) is 0. The number of nitrogen functional groups attached to an aromatic ring is 2. The average molecular weight is 945 g/mol. The van der Waals surface area contributed by atoms with Crippen molar-refractivity contribution in [3.8, 4) is 34.3 Å².